The summed E-state index contributed by atoms with van der Waals surface area (Å²) in [6.07, 6.45) is 0.364. The zero-order valence-electron chi connectivity index (χ0n) is 21.1. The Labute approximate surface area is 212 Å². The van der Waals surface area contributed by atoms with Crippen LogP contribution >= 0.6 is 0 Å². The van der Waals surface area contributed by atoms with Crippen LogP contribution < -0.4 is 18.9 Å². The highest BCUT2D eigenvalue weighted by Crippen LogP contribution is 2.44. The number of hydrogen-bond donors (Lipinski definition) is 0. The third kappa shape index (κ3) is 4.57. The fraction of sp³-hybridized carbons (Fsp3) is 0.250. The molecular weight excluding hydrogens is 487 g/mol. The largest absolute Gasteiger partial charge is 0.493 e. The molecule has 0 aliphatic rings. The number of benzene rings is 4. The molecule has 37 heavy (non-hydrogen) atoms. The Bertz CT molecular complexity index is 1510. The minimum Gasteiger partial charge on any atom is -0.493 e. The second-order valence-electron chi connectivity index (χ2n) is 8.39. The summed E-state index contributed by atoms with van der Waals surface area (Å²) in [7, 11) is 7.68. The van der Waals surface area contributed by atoms with Gasteiger partial charge in [0.25, 0.3) is 5.91 Å². The zero-order valence-corrected chi connectivity index (χ0v) is 21.1. The minimum atomic E-state index is -1.68. The summed E-state index contributed by atoms with van der Waals surface area (Å²) >= 11 is 0. The van der Waals surface area contributed by atoms with Crippen molar-refractivity contribution in [2.75, 3.05) is 42.0 Å². The number of methoxy groups -OCH3 is 4. The van der Waals surface area contributed by atoms with Gasteiger partial charge in [0, 0.05) is 19.0 Å². The lowest BCUT2D eigenvalue weighted by atomic mass is 9.95. The number of carbonyl (C=O) groups is 1. The highest BCUT2D eigenvalue weighted by molar-refractivity contribution is 6.13. The quantitative estimate of drug-likeness (QED) is 0.222. The van der Waals surface area contributed by atoms with Crippen molar-refractivity contribution >= 4 is 27.5 Å². The van der Waals surface area contributed by atoms with Gasteiger partial charge in [-0.3, -0.25) is 4.79 Å². The van der Waals surface area contributed by atoms with Gasteiger partial charge in [-0.25, -0.2) is 13.2 Å². The van der Waals surface area contributed by atoms with Crippen LogP contribution in [0.25, 0.3) is 21.5 Å². The summed E-state index contributed by atoms with van der Waals surface area (Å²) in [5.74, 6) is -3.14. The van der Waals surface area contributed by atoms with Crippen molar-refractivity contribution in [3.8, 4) is 23.0 Å². The van der Waals surface area contributed by atoms with Crippen LogP contribution in [-0.2, 0) is 6.42 Å². The lowest BCUT2D eigenvalue weighted by molar-refractivity contribution is 0.0790. The molecule has 4 rings (SSSR count). The Morgan fingerprint density at radius 3 is 2.11 bits per heavy atom. The van der Waals surface area contributed by atoms with E-state index in [4.69, 9.17) is 18.9 Å². The SMILES string of the molecule is COc1cc2ccc3c(CCN(C)C(=O)c4ccc(F)c(F)c4F)cc(OC)c(OC)c3c2cc1OC. The maximum atomic E-state index is 14.2. The number of rotatable bonds is 8. The Morgan fingerprint density at radius 2 is 1.46 bits per heavy atom. The summed E-state index contributed by atoms with van der Waals surface area (Å²) in [5, 5.41) is 3.39. The van der Waals surface area contributed by atoms with Crippen LogP contribution in [0, 0.1) is 17.5 Å². The van der Waals surface area contributed by atoms with Crippen molar-refractivity contribution in [1.29, 1.82) is 0 Å². The Kier molecular flexibility index (Phi) is 7.33. The molecule has 0 heterocycles. The average molecular weight is 514 g/mol. The van der Waals surface area contributed by atoms with Crippen molar-refractivity contribution in [3.05, 3.63) is 71.0 Å². The molecule has 0 spiro atoms. The minimum absolute atomic E-state index is 0.172. The first-order valence-electron chi connectivity index (χ1n) is 11.4. The van der Waals surface area contributed by atoms with E-state index in [0.29, 0.717) is 29.4 Å². The molecule has 4 aromatic rings. The van der Waals surface area contributed by atoms with Gasteiger partial charge in [-0.2, -0.15) is 0 Å². The number of nitrogens with zero attached hydrogens (tertiary/aromatic N) is 1. The van der Waals surface area contributed by atoms with Crippen molar-refractivity contribution in [1.82, 2.24) is 4.90 Å². The van der Waals surface area contributed by atoms with Gasteiger partial charge >= 0.3 is 0 Å². The maximum Gasteiger partial charge on any atom is 0.256 e. The molecule has 0 N–H and O–H groups in total. The summed E-state index contributed by atoms with van der Waals surface area (Å²) in [4.78, 5) is 14.0. The molecule has 0 unspecified atom stereocenters. The van der Waals surface area contributed by atoms with E-state index < -0.39 is 28.9 Å². The molecule has 0 radical (unpaired) electrons. The molecule has 0 saturated heterocycles. The van der Waals surface area contributed by atoms with E-state index in [1.54, 1.807) is 21.3 Å². The lowest BCUT2D eigenvalue weighted by Gasteiger charge is -2.20. The van der Waals surface area contributed by atoms with Crippen LogP contribution in [0.5, 0.6) is 23.0 Å². The number of fused-ring (bicyclic) bond motifs is 3. The Hall–Kier alpha value is -4.14. The predicted molar refractivity (Wildman–Crippen MR) is 135 cm³/mol. The molecule has 0 bridgehead atoms. The summed E-state index contributed by atoms with van der Waals surface area (Å²) in [5.41, 5.74) is 0.306. The zero-order chi connectivity index (χ0) is 26.9. The van der Waals surface area contributed by atoms with E-state index in [0.717, 1.165) is 39.2 Å². The average Bonchev–Trinajstić information content (AvgIpc) is 2.92. The maximum absolute atomic E-state index is 14.2. The molecule has 0 fully saturated rings. The smallest absolute Gasteiger partial charge is 0.256 e. The van der Waals surface area contributed by atoms with Gasteiger partial charge < -0.3 is 23.8 Å². The Morgan fingerprint density at radius 1 is 0.784 bits per heavy atom. The second kappa shape index (κ2) is 10.5. The van der Waals surface area contributed by atoms with Crippen molar-refractivity contribution in [3.63, 3.8) is 0 Å². The number of hydrogen-bond acceptors (Lipinski definition) is 5. The summed E-state index contributed by atoms with van der Waals surface area (Å²) < 4.78 is 63.4. The molecule has 9 heteroatoms. The van der Waals surface area contributed by atoms with Gasteiger partial charge in [-0.1, -0.05) is 12.1 Å². The third-order valence-corrected chi connectivity index (χ3v) is 6.38. The second-order valence-corrected chi connectivity index (χ2v) is 8.39. The van der Waals surface area contributed by atoms with Gasteiger partial charge in [-0.05, 0) is 58.5 Å². The van der Waals surface area contributed by atoms with Crippen LogP contribution in [0.2, 0.25) is 0 Å². The normalized spacial score (nSPS) is 11.0. The van der Waals surface area contributed by atoms with Gasteiger partial charge in [0.2, 0.25) is 0 Å². The van der Waals surface area contributed by atoms with Gasteiger partial charge in [0.1, 0.15) is 0 Å². The Balaban J connectivity index is 1.78. The topological polar surface area (TPSA) is 57.2 Å². The van der Waals surface area contributed by atoms with Crippen LogP contribution in [0.4, 0.5) is 13.2 Å². The fourth-order valence-electron chi connectivity index (χ4n) is 4.44. The predicted octanol–water partition coefficient (Wildman–Crippen LogP) is 5.76. The van der Waals surface area contributed by atoms with Crippen LogP contribution in [0.1, 0.15) is 15.9 Å². The molecule has 194 valence electrons. The molecule has 0 aromatic heterocycles. The molecule has 0 aliphatic carbocycles. The standard InChI is InChI=1S/C28H26F3NO5/c1-32(28(33)18-8-9-20(29)26(31)25(18)30)11-10-16-13-23(36-4)27(37-5)24-17(16)7-6-15-12-21(34-2)22(35-3)14-19(15)24/h6-9,12-14H,10-11H2,1-5H3. The first-order valence-corrected chi connectivity index (χ1v) is 11.4. The van der Waals surface area contributed by atoms with Gasteiger partial charge in [0.05, 0.1) is 34.0 Å². The van der Waals surface area contributed by atoms with E-state index in [9.17, 15) is 18.0 Å². The number of carbonyl (C=O) groups excluding carboxylic acids is 1. The lowest BCUT2D eigenvalue weighted by Crippen LogP contribution is -2.30. The van der Waals surface area contributed by atoms with Crippen LogP contribution in [0.15, 0.2) is 42.5 Å². The van der Waals surface area contributed by atoms with E-state index in [1.165, 1.54) is 19.1 Å². The van der Waals surface area contributed by atoms with E-state index in [-0.39, 0.29) is 6.54 Å². The highest BCUT2D eigenvalue weighted by Gasteiger charge is 2.23. The van der Waals surface area contributed by atoms with Gasteiger partial charge in [-0.15, -0.1) is 0 Å². The van der Waals surface area contributed by atoms with Crippen molar-refractivity contribution in [2.24, 2.45) is 0 Å². The molecule has 0 saturated carbocycles. The number of likely N-dealkylation sites (N-methyl/N-ethyl adjacent to an activating group) is 1. The van der Waals surface area contributed by atoms with Crippen LogP contribution in [0.3, 0.4) is 0 Å². The molecule has 1 amide bonds. The number of halogens is 3. The highest BCUT2D eigenvalue weighted by atomic mass is 19.2. The van der Waals surface area contributed by atoms with Gasteiger partial charge in [0.15, 0.2) is 40.4 Å². The molecule has 0 atom stereocenters. The van der Waals surface area contributed by atoms with Crippen molar-refractivity contribution in [2.45, 2.75) is 6.42 Å². The molecule has 4 aromatic carbocycles. The van der Waals surface area contributed by atoms with E-state index in [2.05, 4.69) is 0 Å². The summed E-state index contributed by atoms with van der Waals surface area (Å²) in [6.45, 7) is 0.172. The first-order chi connectivity index (χ1) is 17.7. The number of amides is 1. The first kappa shape index (κ1) is 25.9. The van der Waals surface area contributed by atoms with Crippen LogP contribution in [-0.4, -0.2) is 52.8 Å². The van der Waals surface area contributed by atoms with E-state index >= 15 is 0 Å². The fourth-order valence-corrected chi connectivity index (χ4v) is 4.44. The third-order valence-electron chi connectivity index (χ3n) is 6.38. The van der Waals surface area contributed by atoms with E-state index in [1.807, 2.05) is 30.3 Å². The number of ether oxygens (including phenoxy) is 4. The summed E-state index contributed by atoms with van der Waals surface area (Å²) in [6, 6.07) is 11.1. The van der Waals surface area contributed by atoms with Crippen molar-refractivity contribution < 1.29 is 36.9 Å². The molecule has 6 nitrogen and oxygen atoms in total. The monoisotopic (exact) mass is 513 g/mol. The molecular formula is C28H26F3NO5. The molecule has 0 aliphatic heterocycles.